The Morgan fingerprint density at radius 2 is 2.32 bits per heavy atom. The number of rotatable bonds is 4. The number of aliphatic hydroxyl groups excluding tert-OH is 1. The Kier molecular flexibility index (Phi) is 4.79. The Labute approximate surface area is 125 Å². The van der Waals surface area contributed by atoms with Gasteiger partial charge in [0.05, 0.1) is 6.61 Å². The highest BCUT2D eigenvalue weighted by atomic mass is 16.6. The lowest BCUT2D eigenvalue weighted by Crippen LogP contribution is -2.36. The Hall–Kier alpha value is -1.97. The molecule has 0 spiro atoms. The topological polar surface area (TPSA) is 137 Å². The molecule has 9 heteroatoms. The number of nitrogens with zero attached hydrogens (tertiary/aromatic N) is 1. The Balaban J connectivity index is 2.22. The van der Waals surface area contributed by atoms with Crippen LogP contribution in [0.5, 0.6) is 0 Å². The zero-order valence-electron chi connectivity index (χ0n) is 12.3. The molecule has 0 saturated carbocycles. The van der Waals surface area contributed by atoms with E-state index in [0.717, 1.165) is 0 Å². The largest absolute Gasteiger partial charge is 0.458 e. The second kappa shape index (κ2) is 6.42. The third-order valence-corrected chi connectivity index (χ3v) is 3.46. The fourth-order valence-corrected chi connectivity index (χ4v) is 2.22. The van der Waals surface area contributed by atoms with Crippen LogP contribution in [-0.2, 0) is 14.3 Å². The van der Waals surface area contributed by atoms with E-state index in [1.54, 1.807) is 6.92 Å². The number of esters is 1. The molecule has 9 nitrogen and oxygen atoms in total. The van der Waals surface area contributed by atoms with E-state index in [-0.39, 0.29) is 13.0 Å². The van der Waals surface area contributed by atoms with Crippen molar-refractivity contribution in [3.8, 4) is 0 Å². The van der Waals surface area contributed by atoms with Crippen LogP contribution < -0.4 is 17.0 Å². The van der Waals surface area contributed by atoms with E-state index in [0.29, 0.717) is 5.56 Å². The van der Waals surface area contributed by atoms with Gasteiger partial charge in [-0.2, -0.15) is 0 Å². The van der Waals surface area contributed by atoms with Gasteiger partial charge in [-0.15, -0.1) is 0 Å². The van der Waals surface area contributed by atoms with Crippen LogP contribution in [0, 0.1) is 6.92 Å². The minimum atomic E-state index is -0.795. The standard InChI is InChI=1S/C13H19N3O6/c1-6-4-16(13(20)15-11(6)18)10-3-8(9(5-17)21-10)22-12(19)7(2)14/h4,7-10,17H,3,5,14H2,1-2H3,(H,15,18,20)/t7?,8-,9+,10+/m0/s1. The first-order valence-corrected chi connectivity index (χ1v) is 6.88. The number of nitrogens with one attached hydrogen (secondary N) is 1. The number of aliphatic hydroxyl groups is 1. The SMILES string of the molecule is Cc1cn([C@H]2C[C@H](OC(=O)C(C)N)[C@@H](CO)O2)c(=O)[nH]c1=O. The smallest absolute Gasteiger partial charge is 0.330 e. The molecule has 122 valence electrons. The summed E-state index contributed by atoms with van der Waals surface area (Å²) in [6.45, 7) is 2.67. The maximum atomic E-state index is 11.8. The van der Waals surface area contributed by atoms with Gasteiger partial charge in [-0.25, -0.2) is 4.79 Å². The van der Waals surface area contributed by atoms with Crippen molar-refractivity contribution in [2.75, 3.05) is 6.61 Å². The van der Waals surface area contributed by atoms with Gasteiger partial charge in [0.1, 0.15) is 24.5 Å². The molecule has 0 amide bonds. The van der Waals surface area contributed by atoms with Crippen molar-refractivity contribution in [2.45, 2.75) is 44.7 Å². The zero-order chi connectivity index (χ0) is 16.4. The van der Waals surface area contributed by atoms with Gasteiger partial charge in [0.25, 0.3) is 5.56 Å². The highest BCUT2D eigenvalue weighted by Gasteiger charge is 2.39. The highest BCUT2D eigenvalue weighted by Crippen LogP contribution is 2.29. The first kappa shape index (κ1) is 16.4. The summed E-state index contributed by atoms with van der Waals surface area (Å²) in [5.74, 6) is -0.613. The van der Waals surface area contributed by atoms with Crippen molar-refractivity contribution in [3.05, 3.63) is 32.6 Å². The van der Waals surface area contributed by atoms with Crippen LogP contribution in [0.2, 0.25) is 0 Å². The van der Waals surface area contributed by atoms with Crippen molar-refractivity contribution in [3.63, 3.8) is 0 Å². The molecule has 1 aromatic rings. The summed E-state index contributed by atoms with van der Waals surface area (Å²) in [5, 5.41) is 9.33. The highest BCUT2D eigenvalue weighted by molar-refractivity contribution is 5.75. The number of H-pyrrole nitrogens is 1. The predicted molar refractivity (Wildman–Crippen MR) is 75.2 cm³/mol. The number of aromatic amines is 1. The fourth-order valence-electron chi connectivity index (χ4n) is 2.22. The van der Waals surface area contributed by atoms with Gasteiger partial charge in [-0.3, -0.25) is 19.1 Å². The lowest BCUT2D eigenvalue weighted by molar-refractivity contribution is -0.154. The molecule has 0 aromatic carbocycles. The van der Waals surface area contributed by atoms with Crippen LogP contribution in [0.4, 0.5) is 0 Å². The second-order valence-electron chi connectivity index (χ2n) is 5.29. The molecule has 1 unspecified atom stereocenters. The van der Waals surface area contributed by atoms with E-state index >= 15 is 0 Å². The number of nitrogens with two attached hydrogens (primary N) is 1. The number of aryl methyl sites for hydroxylation is 1. The first-order chi connectivity index (χ1) is 10.3. The Bertz CT molecular complexity index is 664. The van der Waals surface area contributed by atoms with Gasteiger partial charge in [-0.1, -0.05) is 0 Å². The van der Waals surface area contributed by atoms with E-state index in [2.05, 4.69) is 4.98 Å². The van der Waals surface area contributed by atoms with Crippen molar-refractivity contribution >= 4 is 5.97 Å². The number of carbonyl (C=O) groups excluding carboxylic acids is 1. The molecule has 1 saturated heterocycles. The Morgan fingerprint density at radius 3 is 2.91 bits per heavy atom. The summed E-state index contributed by atoms with van der Waals surface area (Å²) >= 11 is 0. The van der Waals surface area contributed by atoms with E-state index in [1.807, 2.05) is 0 Å². The Morgan fingerprint density at radius 1 is 1.64 bits per heavy atom. The molecular weight excluding hydrogens is 294 g/mol. The monoisotopic (exact) mass is 313 g/mol. The maximum Gasteiger partial charge on any atom is 0.330 e. The number of hydrogen-bond donors (Lipinski definition) is 3. The average molecular weight is 313 g/mol. The molecule has 2 heterocycles. The summed E-state index contributed by atoms with van der Waals surface area (Å²) in [5.41, 5.74) is 4.68. The van der Waals surface area contributed by atoms with E-state index in [1.165, 1.54) is 17.7 Å². The molecule has 1 aliphatic rings. The van der Waals surface area contributed by atoms with Gasteiger partial charge in [0.15, 0.2) is 0 Å². The number of hydrogen-bond acceptors (Lipinski definition) is 7. The van der Waals surface area contributed by atoms with Crippen molar-refractivity contribution in [1.29, 1.82) is 0 Å². The predicted octanol–water partition coefficient (Wildman–Crippen LogP) is -1.62. The molecule has 0 aliphatic carbocycles. The molecule has 4 atom stereocenters. The second-order valence-corrected chi connectivity index (χ2v) is 5.29. The summed E-state index contributed by atoms with van der Waals surface area (Å²) < 4.78 is 11.9. The van der Waals surface area contributed by atoms with E-state index in [9.17, 15) is 19.5 Å². The normalized spacial score (nSPS) is 25.9. The summed E-state index contributed by atoms with van der Waals surface area (Å²) in [4.78, 5) is 37.0. The minimum Gasteiger partial charge on any atom is -0.458 e. The van der Waals surface area contributed by atoms with Crippen molar-refractivity contribution in [2.24, 2.45) is 5.73 Å². The molecule has 1 aliphatic heterocycles. The van der Waals surface area contributed by atoms with Crippen LogP contribution in [0.1, 0.15) is 25.1 Å². The third-order valence-electron chi connectivity index (χ3n) is 3.46. The molecule has 1 aromatic heterocycles. The fraction of sp³-hybridized carbons (Fsp3) is 0.615. The van der Waals surface area contributed by atoms with Gasteiger partial charge in [-0.05, 0) is 13.8 Å². The van der Waals surface area contributed by atoms with Crippen LogP contribution >= 0.6 is 0 Å². The van der Waals surface area contributed by atoms with Crippen molar-refractivity contribution < 1.29 is 19.4 Å². The van der Waals surface area contributed by atoms with Gasteiger partial charge in [0, 0.05) is 18.2 Å². The van der Waals surface area contributed by atoms with E-state index < -0.39 is 41.7 Å². The van der Waals surface area contributed by atoms with Gasteiger partial charge in [0.2, 0.25) is 0 Å². The van der Waals surface area contributed by atoms with Gasteiger partial charge < -0.3 is 20.3 Å². The van der Waals surface area contributed by atoms with Crippen LogP contribution in [0.25, 0.3) is 0 Å². The molecule has 4 N–H and O–H groups in total. The molecule has 1 fully saturated rings. The number of carbonyl (C=O) groups is 1. The summed E-state index contributed by atoms with van der Waals surface area (Å²) in [6.07, 6.45) is -0.670. The zero-order valence-corrected chi connectivity index (χ0v) is 12.3. The lowest BCUT2D eigenvalue weighted by Gasteiger charge is -2.17. The minimum absolute atomic E-state index is 0.176. The van der Waals surface area contributed by atoms with Crippen LogP contribution in [0.15, 0.2) is 15.8 Å². The molecule has 22 heavy (non-hydrogen) atoms. The molecule has 0 radical (unpaired) electrons. The molecule has 2 rings (SSSR count). The van der Waals surface area contributed by atoms with Crippen LogP contribution in [-0.4, -0.2) is 45.5 Å². The maximum absolute atomic E-state index is 11.8. The van der Waals surface area contributed by atoms with Gasteiger partial charge >= 0.3 is 11.7 Å². The first-order valence-electron chi connectivity index (χ1n) is 6.88. The number of ether oxygens (including phenoxy) is 2. The summed E-state index contributed by atoms with van der Waals surface area (Å²) in [6, 6.07) is -0.795. The van der Waals surface area contributed by atoms with Crippen LogP contribution in [0.3, 0.4) is 0 Å². The van der Waals surface area contributed by atoms with Crippen molar-refractivity contribution in [1.82, 2.24) is 9.55 Å². The summed E-state index contributed by atoms with van der Waals surface area (Å²) in [7, 11) is 0. The quantitative estimate of drug-likeness (QED) is 0.568. The van der Waals surface area contributed by atoms with E-state index in [4.69, 9.17) is 15.2 Å². The number of aromatic nitrogens is 2. The molecular formula is C13H19N3O6. The third kappa shape index (κ3) is 3.26. The molecule has 0 bridgehead atoms. The average Bonchev–Trinajstić information content (AvgIpc) is 2.85. The lowest BCUT2D eigenvalue weighted by atomic mass is 10.2.